The van der Waals surface area contributed by atoms with Crippen LogP contribution in [-0.4, -0.2) is 13.3 Å². The molecule has 0 amide bonds. The van der Waals surface area contributed by atoms with Crippen molar-refractivity contribution in [3.05, 3.63) is 29.8 Å². The summed E-state index contributed by atoms with van der Waals surface area (Å²) in [5, 5.41) is 0. The van der Waals surface area contributed by atoms with Crippen LogP contribution in [0.2, 0.25) is 0 Å². The van der Waals surface area contributed by atoms with Gasteiger partial charge in [0.2, 0.25) is 0 Å². The molecule has 0 radical (unpaired) electrons. The second-order valence-corrected chi connectivity index (χ2v) is 3.28. The first kappa shape index (κ1) is 11.0. The molecule has 0 aromatic heterocycles. The molecule has 0 spiro atoms. The summed E-state index contributed by atoms with van der Waals surface area (Å²) in [6.07, 6.45) is 2.43. The zero-order valence-corrected chi connectivity index (χ0v) is 8.63. The number of benzene rings is 1. The highest BCUT2D eigenvalue weighted by molar-refractivity contribution is 5.27. The molecule has 0 unspecified atom stereocenters. The topological polar surface area (TPSA) is 9.23 Å². The quantitative estimate of drug-likeness (QED) is 0.677. The van der Waals surface area contributed by atoms with E-state index in [1.165, 1.54) is 5.56 Å². The van der Waals surface area contributed by atoms with Crippen LogP contribution in [0.1, 0.15) is 25.3 Å². The lowest BCUT2D eigenvalue weighted by Crippen LogP contribution is -1.95. The zero-order valence-electron chi connectivity index (χ0n) is 8.63. The lowest BCUT2D eigenvalue weighted by atomic mass is 10.1. The van der Waals surface area contributed by atoms with Crippen LogP contribution in [0.25, 0.3) is 0 Å². The fraction of sp³-hybridized carbons (Fsp3) is 0.500. The Balaban J connectivity index is 2.42. The second kappa shape index (κ2) is 6.41. The third-order valence-electron chi connectivity index (χ3n) is 2.00. The Morgan fingerprint density at radius 1 is 1.21 bits per heavy atom. The Morgan fingerprint density at radius 2 is 1.93 bits per heavy atom. The molecule has 0 aliphatic carbocycles. The van der Waals surface area contributed by atoms with Gasteiger partial charge in [-0.2, -0.15) is 0 Å². The summed E-state index contributed by atoms with van der Waals surface area (Å²) in [6.45, 7) is 2.59. The molecule has 1 aromatic rings. The van der Waals surface area contributed by atoms with E-state index in [-0.39, 0.29) is 6.67 Å². The molecule has 1 aromatic carbocycles. The largest absolute Gasteiger partial charge is 0.494 e. The average Bonchev–Trinajstić information content (AvgIpc) is 2.25. The van der Waals surface area contributed by atoms with Crippen LogP contribution >= 0.6 is 0 Å². The number of hydrogen-bond acceptors (Lipinski definition) is 1. The molecule has 1 rings (SSSR count). The molecule has 0 fully saturated rings. The molecule has 0 heterocycles. The normalized spacial score (nSPS) is 10.1. The number of aryl methyl sites for hydroxylation is 1. The Hall–Kier alpha value is -1.05. The van der Waals surface area contributed by atoms with E-state index in [0.717, 1.165) is 25.2 Å². The predicted octanol–water partition coefficient (Wildman–Crippen LogP) is 3.38. The summed E-state index contributed by atoms with van der Waals surface area (Å²) in [4.78, 5) is 0. The fourth-order valence-corrected chi connectivity index (χ4v) is 1.24. The fourth-order valence-electron chi connectivity index (χ4n) is 1.24. The number of hydrogen-bond donors (Lipinski definition) is 0. The molecule has 14 heavy (non-hydrogen) atoms. The van der Waals surface area contributed by atoms with E-state index >= 15 is 0 Å². The van der Waals surface area contributed by atoms with Crippen molar-refractivity contribution in [3.8, 4) is 5.75 Å². The molecule has 78 valence electrons. The lowest BCUT2D eigenvalue weighted by Gasteiger charge is -2.05. The SMILES string of the molecule is CCCOc1ccc(CCCF)cc1. The Labute approximate surface area is 84.9 Å². The van der Waals surface area contributed by atoms with Crippen molar-refractivity contribution < 1.29 is 9.13 Å². The van der Waals surface area contributed by atoms with E-state index in [0.29, 0.717) is 6.42 Å². The van der Waals surface area contributed by atoms with Crippen molar-refractivity contribution in [2.45, 2.75) is 26.2 Å². The highest BCUT2D eigenvalue weighted by atomic mass is 19.1. The van der Waals surface area contributed by atoms with Gasteiger partial charge in [0.05, 0.1) is 13.3 Å². The minimum Gasteiger partial charge on any atom is -0.494 e. The third kappa shape index (κ3) is 3.77. The molecule has 0 bridgehead atoms. The number of rotatable bonds is 6. The first-order chi connectivity index (χ1) is 6.86. The Bertz CT molecular complexity index is 216. The van der Waals surface area contributed by atoms with Gasteiger partial charge in [-0.3, -0.25) is 4.39 Å². The molecule has 0 N–H and O–H groups in total. The van der Waals surface area contributed by atoms with E-state index in [1.54, 1.807) is 0 Å². The first-order valence-corrected chi connectivity index (χ1v) is 5.14. The van der Waals surface area contributed by atoms with Crippen LogP contribution in [0.4, 0.5) is 4.39 Å². The molecule has 0 aliphatic rings. The molecule has 2 heteroatoms. The first-order valence-electron chi connectivity index (χ1n) is 5.14. The number of alkyl halides is 1. The van der Waals surface area contributed by atoms with Crippen LogP contribution in [0.5, 0.6) is 5.75 Å². The molecule has 1 nitrogen and oxygen atoms in total. The summed E-state index contributed by atoms with van der Waals surface area (Å²) >= 11 is 0. The van der Waals surface area contributed by atoms with Gasteiger partial charge in [0.25, 0.3) is 0 Å². The van der Waals surface area contributed by atoms with Gasteiger partial charge in [0.1, 0.15) is 5.75 Å². The highest BCUT2D eigenvalue weighted by Gasteiger charge is 1.95. The zero-order chi connectivity index (χ0) is 10.2. The monoisotopic (exact) mass is 196 g/mol. The summed E-state index contributed by atoms with van der Waals surface area (Å²) in [7, 11) is 0. The van der Waals surface area contributed by atoms with Crippen LogP contribution in [0, 0.1) is 0 Å². The van der Waals surface area contributed by atoms with Crippen molar-refractivity contribution in [1.82, 2.24) is 0 Å². The maximum absolute atomic E-state index is 11.9. The van der Waals surface area contributed by atoms with E-state index < -0.39 is 0 Å². The number of halogens is 1. The minimum absolute atomic E-state index is 0.242. The summed E-state index contributed by atoms with van der Waals surface area (Å²) < 4.78 is 17.3. The molecule has 0 saturated carbocycles. The van der Waals surface area contributed by atoms with Crippen LogP contribution in [0.3, 0.4) is 0 Å². The average molecular weight is 196 g/mol. The van der Waals surface area contributed by atoms with Gasteiger partial charge in [-0.25, -0.2) is 0 Å². The van der Waals surface area contributed by atoms with Gasteiger partial charge in [-0.05, 0) is 37.0 Å². The maximum Gasteiger partial charge on any atom is 0.119 e. The van der Waals surface area contributed by atoms with Gasteiger partial charge in [0, 0.05) is 0 Å². The second-order valence-electron chi connectivity index (χ2n) is 3.28. The lowest BCUT2D eigenvalue weighted by molar-refractivity contribution is 0.317. The molecule has 0 aliphatic heterocycles. The standard InChI is InChI=1S/C12H17FO/c1-2-10-14-12-7-5-11(6-8-12)4-3-9-13/h5-8H,2-4,9-10H2,1H3. The van der Waals surface area contributed by atoms with Crippen LogP contribution in [0.15, 0.2) is 24.3 Å². The van der Waals surface area contributed by atoms with Crippen molar-refractivity contribution in [2.24, 2.45) is 0 Å². The Kier molecular flexibility index (Phi) is 5.05. The van der Waals surface area contributed by atoms with Crippen molar-refractivity contribution in [1.29, 1.82) is 0 Å². The summed E-state index contributed by atoms with van der Waals surface area (Å²) in [6, 6.07) is 7.90. The van der Waals surface area contributed by atoms with Crippen LogP contribution < -0.4 is 4.74 Å². The van der Waals surface area contributed by atoms with Crippen LogP contribution in [-0.2, 0) is 6.42 Å². The van der Waals surface area contributed by atoms with E-state index in [4.69, 9.17) is 4.74 Å². The molecular formula is C12H17FO. The predicted molar refractivity (Wildman–Crippen MR) is 56.5 cm³/mol. The van der Waals surface area contributed by atoms with Crippen molar-refractivity contribution in [2.75, 3.05) is 13.3 Å². The summed E-state index contributed by atoms with van der Waals surface area (Å²) in [5.74, 6) is 0.899. The maximum atomic E-state index is 11.9. The Morgan fingerprint density at radius 3 is 2.50 bits per heavy atom. The van der Waals surface area contributed by atoms with E-state index in [1.807, 2.05) is 24.3 Å². The molecular weight excluding hydrogens is 179 g/mol. The highest BCUT2D eigenvalue weighted by Crippen LogP contribution is 2.13. The van der Waals surface area contributed by atoms with Crippen molar-refractivity contribution in [3.63, 3.8) is 0 Å². The van der Waals surface area contributed by atoms with Gasteiger partial charge in [-0.15, -0.1) is 0 Å². The van der Waals surface area contributed by atoms with E-state index in [2.05, 4.69) is 6.92 Å². The van der Waals surface area contributed by atoms with Gasteiger partial charge < -0.3 is 4.74 Å². The van der Waals surface area contributed by atoms with E-state index in [9.17, 15) is 4.39 Å². The van der Waals surface area contributed by atoms with Gasteiger partial charge in [0.15, 0.2) is 0 Å². The smallest absolute Gasteiger partial charge is 0.119 e. The van der Waals surface area contributed by atoms with Crippen molar-refractivity contribution >= 4 is 0 Å². The summed E-state index contributed by atoms with van der Waals surface area (Å²) in [5.41, 5.74) is 1.17. The number of ether oxygens (including phenoxy) is 1. The third-order valence-corrected chi connectivity index (χ3v) is 2.00. The molecule has 0 atom stereocenters. The van der Waals surface area contributed by atoms with Gasteiger partial charge in [-0.1, -0.05) is 19.1 Å². The molecule has 0 saturated heterocycles. The minimum atomic E-state index is -0.242. The van der Waals surface area contributed by atoms with Gasteiger partial charge >= 0.3 is 0 Å².